The Morgan fingerprint density at radius 2 is 2.12 bits per heavy atom. The van der Waals surface area contributed by atoms with Crippen LogP contribution in [0.25, 0.3) is 22.0 Å². The summed E-state index contributed by atoms with van der Waals surface area (Å²) in [6.45, 7) is 2.55. The van der Waals surface area contributed by atoms with Gasteiger partial charge in [-0.15, -0.1) is 0 Å². The van der Waals surface area contributed by atoms with Crippen LogP contribution in [0.2, 0.25) is 0 Å². The first kappa shape index (κ1) is 15.9. The first-order chi connectivity index (χ1) is 12.7. The normalized spacial score (nSPS) is 10.8. The van der Waals surface area contributed by atoms with Crippen molar-refractivity contribution in [2.75, 3.05) is 0 Å². The van der Waals surface area contributed by atoms with E-state index in [1.54, 1.807) is 6.20 Å². The lowest BCUT2D eigenvalue weighted by Crippen LogP contribution is -2.12. The van der Waals surface area contributed by atoms with E-state index in [4.69, 9.17) is 0 Å². The number of nitriles is 1. The zero-order valence-electron chi connectivity index (χ0n) is 14.2. The Hall–Kier alpha value is -3.65. The van der Waals surface area contributed by atoms with E-state index in [-0.39, 0.29) is 11.1 Å². The summed E-state index contributed by atoms with van der Waals surface area (Å²) in [6, 6.07) is 15.9. The van der Waals surface area contributed by atoms with Gasteiger partial charge in [0.15, 0.2) is 0 Å². The van der Waals surface area contributed by atoms with E-state index in [2.05, 4.69) is 14.5 Å². The minimum atomic E-state index is -0.350. The van der Waals surface area contributed by atoms with E-state index < -0.39 is 0 Å². The van der Waals surface area contributed by atoms with Crippen molar-refractivity contribution in [3.05, 3.63) is 88.2 Å². The first-order valence-electron chi connectivity index (χ1n) is 8.28. The molecule has 0 amide bonds. The number of nitrogens with zero attached hydrogens (tertiary/aromatic N) is 3. The fourth-order valence-electron chi connectivity index (χ4n) is 3.22. The van der Waals surface area contributed by atoms with Gasteiger partial charge in [-0.25, -0.2) is 0 Å². The molecule has 0 unspecified atom stereocenters. The van der Waals surface area contributed by atoms with Gasteiger partial charge >= 0.3 is 0 Å². The molecule has 0 fully saturated rings. The van der Waals surface area contributed by atoms with Crippen LogP contribution in [-0.4, -0.2) is 14.5 Å². The number of pyridine rings is 2. The average Bonchev–Trinajstić information content (AvgIpc) is 3.04. The number of aromatic nitrogens is 3. The molecule has 0 bridgehead atoms. The highest BCUT2D eigenvalue weighted by molar-refractivity contribution is 5.86. The van der Waals surface area contributed by atoms with E-state index in [0.29, 0.717) is 5.56 Å². The summed E-state index contributed by atoms with van der Waals surface area (Å²) in [7, 11) is 0. The molecule has 0 aliphatic carbocycles. The predicted octanol–water partition coefficient (Wildman–Crippen LogP) is 3.62. The zero-order chi connectivity index (χ0) is 18.1. The number of fused-ring (bicyclic) bond motifs is 1. The molecule has 0 aliphatic rings. The van der Waals surface area contributed by atoms with Crippen LogP contribution in [0.3, 0.4) is 0 Å². The van der Waals surface area contributed by atoms with Gasteiger partial charge in [-0.3, -0.25) is 9.78 Å². The Balaban J connectivity index is 1.79. The first-order valence-corrected chi connectivity index (χ1v) is 8.28. The van der Waals surface area contributed by atoms with Crippen molar-refractivity contribution in [1.82, 2.24) is 14.5 Å². The molecule has 3 aromatic heterocycles. The molecule has 126 valence electrons. The van der Waals surface area contributed by atoms with Gasteiger partial charge in [0.05, 0.1) is 0 Å². The summed E-state index contributed by atoms with van der Waals surface area (Å²) >= 11 is 0. The highest BCUT2D eigenvalue weighted by atomic mass is 16.1. The fraction of sp³-hybridized carbons (Fsp3) is 0.0952. The van der Waals surface area contributed by atoms with Crippen LogP contribution < -0.4 is 5.56 Å². The molecule has 0 atom stereocenters. The van der Waals surface area contributed by atoms with Gasteiger partial charge in [0, 0.05) is 47.3 Å². The van der Waals surface area contributed by atoms with Crippen molar-refractivity contribution in [3.8, 4) is 17.2 Å². The lowest BCUT2D eigenvalue weighted by atomic mass is 10.00. The number of aromatic amines is 1. The van der Waals surface area contributed by atoms with Crippen molar-refractivity contribution in [1.29, 1.82) is 5.26 Å². The molecule has 5 heteroatoms. The van der Waals surface area contributed by atoms with E-state index in [0.717, 1.165) is 34.3 Å². The van der Waals surface area contributed by atoms with Crippen LogP contribution in [0.4, 0.5) is 0 Å². The van der Waals surface area contributed by atoms with Crippen LogP contribution >= 0.6 is 0 Å². The summed E-state index contributed by atoms with van der Waals surface area (Å²) in [6.07, 6.45) is 5.66. The van der Waals surface area contributed by atoms with Crippen molar-refractivity contribution in [2.45, 2.75) is 13.5 Å². The van der Waals surface area contributed by atoms with Gasteiger partial charge in [0.2, 0.25) is 0 Å². The monoisotopic (exact) mass is 340 g/mol. The second-order valence-electron chi connectivity index (χ2n) is 6.26. The van der Waals surface area contributed by atoms with Crippen LogP contribution in [0.15, 0.2) is 65.8 Å². The minimum Gasteiger partial charge on any atom is -0.343 e. The summed E-state index contributed by atoms with van der Waals surface area (Å²) in [5, 5.41) is 10.4. The predicted molar refractivity (Wildman–Crippen MR) is 101 cm³/mol. The zero-order valence-corrected chi connectivity index (χ0v) is 14.2. The van der Waals surface area contributed by atoms with Crippen molar-refractivity contribution >= 4 is 10.9 Å². The Bertz CT molecular complexity index is 1200. The van der Waals surface area contributed by atoms with Crippen LogP contribution in [0, 0.1) is 18.3 Å². The maximum absolute atomic E-state index is 12.0. The van der Waals surface area contributed by atoms with Crippen molar-refractivity contribution in [2.24, 2.45) is 0 Å². The fourth-order valence-corrected chi connectivity index (χ4v) is 3.22. The standard InChI is InChI=1S/C21H16N4O/c1-14-9-18(19(11-22)21(26)24-14)16-4-5-20-17(10-16)6-8-25(20)13-15-3-2-7-23-12-15/h2-10,12H,13H2,1H3,(H,24,26). The third-order valence-corrected chi connectivity index (χ3v) is 4.44. The van der Waals surface area contributed by atoms with Crippen molar-refractivity contribution in [3.63, 3.8) is 0 Å². The summed E-state index contributed by atoms with van der Waals surface area (Å²) in [4.78, 5) is 18.9. The molecule has 0 spiro atoms. The average molecular weight is 340 g/mol. The smallest absolute Gasteiger partial charge is 0.266 e. The molecule has 0 radical (unpaired) electrons. The van der Waals surface area contributed by atoms with Gasteiger partial charge in [-0.2, -0.15) is 5.26 Å². The van der Waals surface area contributed by atoms with Gasteiger partial charge in [0.1, 0.15) is 11.6 Å². The molecular weight excluding hydrogens is 324 g/mol. The number of benzene rings is 1. The van der Waals surface area contributed by atoms with Gasteiger partial charge in [0.25, 0.3) is 5.56 Å². The molecule has 0 aliphatic heterocycles. The maximum atomic E-state index is 12.0. The molecule has 26 heavy (non-hydrogen) atoms. The number of aryl methyl sites for hydroxylation is 1. The minimum absolute atomic E-state index is 0.143. The highest BCUT2D eigenvalue weighted by Crippen LogP contribution is 2.27. The lowest BCUT2D eigenvalue weighted by molar-refractivity contribution is 0.832. The number of nitrogens with one attached hydrogen (secondary N) is 1. The SMILES string of the molecule is Cc1cc(-c2ccc3c(ccn3Cc3cccnc3)c2)c(C#N)c(=O)[nH]1. The molecular formula is C21H16N4O. The third kappa shape index (κ3) is 2.78. The van der Waals surface area contributed by atoms with Gasteiger partial charge in [-0.1, -0.05) is 12.1 Å². The summed E-state index contributed by atoms with van der Waals surface area (Å²) < 4.78 is 2.16. The number of hydrogen-bond acceptors (Lipinski definition) is 3. The van der Waals surface area contributed by atoms with E-state index in [9.17, 15) is 10.1 Å². The largest absolute Gasteiger partial charge is 0.343 e. The maximum Gasteiger partial charge on any atom is 0.266 e. The third-order valence-electron chi connectivity index (χ3n) is 4.44. The van der Waals surface area contributed by atoms with E-state index in [1.165, 1.54) is 0 Å². The number of rotatable bonds is 3. The summed E-state index contributed by atoms with van der Waals surface area (Å²) in [5.41, 5.74) is 4.28. The Labute approximate surface area is 150 Å². The van der Waals surface area contributed by atoms with Gasteiger partial charge in [-0.05, 0) is 48.4 Å². The molecule has 0 saturated heterocycles. The second kappa shape index (κ2) is 6.34. The Morgan fingerprint density at radius 1 is 1.23 bits per heavy atom. The highest BCUT2D eigenvalue weighted by Gasteiger charge is 2.11. The molecule has 1 aromatic carbocycles. The molecule has 0 saturated carbocycles. The Morgan fingerprint density at radius 3 is 2.88 bits per heavy atom. The Kier molecular flexibility index (Phi) is 3.86. The molecule has 5 nitrogen and oxygen atoms in total. The van der Waals surface area contributed by atoms with Crippen LogP contribution in [0.1, 0.15) is 16.8 Å². The molecule has 4 rings (SSSR count). The second-order valence-corrected chi connectivity index (χ2v) is 6.26. The van der Waals surface area contributed by atoms with E-state index in [1.807, 2.05) is 67.9 Å². The van der Waals surface area contributed by atoms with Gasteiger partial charge < -0.3 is 9.55 Å². The number of H-pyrrole nitrogens is 1. The molecule has 4 aromatic rings. The van der Waals surface area contributed by atoms with Crippen LogP contribution in [0.5, 0.6) is 0 Å². The van der Waals surface area contributed by atoms with Crippen molar-refractivity contribution < 1.29 is 0 Å². The van der Waals surface area contributed by atoms with Crippen LogP contribution in [-0.2, 0) is 6.54 Å². The topological polar surface area (TPSA) is 74.5 Å². The lowest BCUT2D eigenvalue weighted by Gasteiger charge is -2.08. The molecule has 1 N–H and O–H groups in total. The number of hydrogen-bond donors (Lipinski definition) is 1. The quantitative estimate of drug-likeness (QED) is 0.619. The molecule has 3 heterocycles. The van der Waals surface area contributed by atoms with E-state index >= 15 is 0 Å². The summed E-state index contributed by atoms with van der Waals surface area (Å²) in [5.74, 6) is 0.